The Morgan fingerprint density at radius 3 is 2.15 bits per heavy atom. The zero-order chi connectivity index (χ0) is 11.9. The van der Waals surface area contributed by atoms with Crippen molar-refractivity contribution in [2.24, 2.45) is 0 Å². The molecule has 0 aliphatic rings. The van der Waals surface area contributed by atoms with Gasteiger partial charge in [-0.15, -0.1) is 33.2 Å². The van der Waals surface area contributed by atoms with Crippen molar-refractivity contribution in [2.75, 3.05) is 0 Å². The maximum absolute atomic E-state index is 7.77. The lowest BCUT2D eigenvalue weighted by Crippen LogP contribution is -2.07. The maximum atomic E-state index is 7.77. The monoisotopic (exact) mass is 262 g/mol. The fraction of sp³-hybridized carbons (Fsp3) is 1.00. The van der Waals surface area contributed by atoms with Crippen molar-refractivity contribution >= 4 is 39.2 Å². The van der Waals surface area contributed by atoms with Crippen LogP contribution in [-0.2, 0) is 0 Å². The van der Waals surface area contributed by atoms with Gasteiger partial charge in [-0.1, -0.05) is 51.8 Å². The highest BCUT2D eigenvalue weighted by molar-refractivity contribution is 7.64. The number of hydrogen-bond acceptors (Lipinski definition) is 0. The van der Waals surface area contributed by atoms with Gasteiger partial charge >= 0.3 is 6.00 Å². The molecule has 0 atom stereocenters. The molecule has 0 heterocycles. The van der Waals surface area contributed by atoms with Crippen LogP contribution in [0.1, 0.15) is 54.6 Å². The van der Waals surface area contributed by atoms with Crippen molar-refractivity contribution in [3.05, 3.63) is 0 Å². The average Bonchev–Trinajstić information content (AvgIpc) is 2.01. The number of rotatable bonds is 8. The summed E-state index contributed by atoms with van der Waals surface area (Å²) in [7, 11) is 0. The molecule has 0 aliphatic carbocycles. The first-order valence-corrected chi connectivity index (χ1v) is 10.1. The van der Waals surface area contributed by atoms with Gasteiger partial charge in [0.15, 0.2) is 0 Å². The summed E-state index contributed by atoms with van der Waals surface area (Å²) in [4.78, 5) is 0. The first-order valence-electron chi connectivity index (χ1n) is 5.83. The van der Waals surface area contributed by atoms with Gasteiger partial charge in [-0.05, 0) is 6.04 Å². The lowest BCUT2D eigenvalue weighted by molar-refractivity contribution is 0.601. The Balaban J connectivity index is 3.64. The Morgan fingerprint density at radius 2 is 1.62 bits per heavy atom. The highest BCUT2D eigenvalue weighted by atomic mass is 35.8. The minimum atomic E-state index is -2.55. The minimum absolute atomic E-state index is 0.512. The van der Waals surface area contributed by atoms with Gasteiger partial charge in [-0.3, -0.25) is 0 Å². The third-order valence-electron chi connectivity index (χ3n) is 1.77. The first-order chi connectivity index (χ1) is 6.77. The largest absolute Gasteiger partial charge is 0.341 e. The molecule has 0 amide bonds. The third-order valence-corrected chi connectivity index (χ3v) is 4.39. The third kappa shape index (κ3) is 13.1. The van der Waals surface area contributed by atoms with Crippen molar-refractivity contribution in [3.8, 4) is 0 Å². The predicted molar refractivity (Wildman–Crippen MR) is 66.1 cm³/mol. The number of halogens is 3. The topological polar surface area (TPSA) is 0 Å². The van der Waals surface area contributed by atoms with Crippen LogP contribution < -0.4 is 0 Å². The summed E-state index contributed by atoms with van der Waals surface area (Å²) in [5.74, 6) is 0. The lowest BCUT2D eigenvalue weighted by Gasteiger charge is -2.06. The van der Waals surface area contributed by atoms with Crippen molar-refractivity contribution in [1.82, 2.24) is 0 Å². The van der Waals surface area contributed by atoms with Crippen LogP contribution in [0.5, 0.6) is 0 Å². The molecule has 0 radical (unpaired) electrons. The fourth-order valence-electron chi connectivity index (χ4n) is 1.04. The summed E-state index contributed by atoms with van der Waals surface area (Å²) in [6.07, 6.45) is 3.91. The second-order valence-electron chi connectivity index (χ2n) is 3.18. The molecule has 0 aromatic heterocycles. The zero-order valence-corrected chi connectivity index (χ0v) is 11.4. The first kappa shape index (κ1) is 10.6. The van der Waals surface area contributed by atoms with E-state index in [2.05, 4.69) is 6.92 Å². The molecule has 0 spiro atoms. The molecule has 0 aliphatic heterocycles. The van der Waals surface area contributed by atoms with Gasteiger partial charge in [0.25, 0.3) is 0 Å². The Hall–Kier alpha value is 1.09. The van der Waals surface area contributed by atoms with Crippen LogP contribution in [-0.4, -0.2) is 6.00 Å². The summed E-state index contributed by atoms with van der Waals surface area (Å²) >= 11 is 17.2. The fourth-order valence-corrected chi connectivity index (χ4v) is 2.82. The standard InChI is InChI=1S/C9H19Cl3Si/c1-2-3-4-5-6-7-8-9-13(10,11)12/h2-9H2,1H3/i6D2. The van der Waals surface area contributed by atoms with Crippen LogP contribution in [0.2, 0.25) is 6.04 Å². The molecule has 0 unspecified atom stereocenters. The van der Waals surface area contributed by atoms with E-state index >= 15 is 0 Å². The summed E-state index contributed by atoms with van der Waals surface area (Å²) in [6, 6.07) is -1.98. The molecule has 13 heavy (non-hydrogen) atoms. The van der Waals surface area contributed by atoms with Crippen LogP contribution in [0.25, 0.3) is 0 Å². The molecule has 80 valence electrons. The molecule has 0 fully saturated rings. The van der Waals surface area contributed by atoms with Crippen molar-refractivity contribution in [3.63, 3.8) is 0 Å². The number of unbranched alkanes of at least 4 members (excludes halogenated alkanes) is 2. The van der Waals surface area contributed by atoms with E-state index < -0.39 is 12.4 Å². The van der Waals surface area contributed by atoms with Gasteiger partial charge in [-0.25, -0.2) is 0 Å². The van der Waals surface area contributed by atoms with Gasteiger partial charge in [0.2, 0.25) is 0 Å². The molecular formula is C9H19Cl3Si. The lowest BCUT2D eigenvalue weighted by atomic mass is 10.1. The van der Waals surface area contributed by atoms with Crippen LogP contribution in [0.15, 0.2) is 0 Å². The Labute approximate surface area is 99.9 Å². The molecule has 0 N–H and O–H groups in total. The highest BCUT2D eigenvalue weighted by Gasteiger charge is 2.23. The molecule has 0 aromatic carbocycles. The zero-order valence-electron chi connectivity index (χ0n) is 10.1. The van der Waals surface area contributed by atoms with E-state index in [0.29, 0.717) is 25.3 Å². The van der Waals surface area contributed by atoms with Crippen molar-refractivity contribution in [2.45, 2.75) is 57.9 Å². The van der Waals surface area contributed by atoms with E-state index in [4.69, 9.17) is 36.0 Å². The van der Waals surface area contributed by atoms with E-state index in [9.17, 15) is 0 Å². The molecule has 0 saturated carbocycles. The molecule has 0 bridgehead atoms. The van der Waals surface area contributed by atoms with E-state index in [1.54, 1.807) is 0 Å². The van der Waals surface area contributed by atoms with Crippen LogP contribution >= 0.6 is 33.2 Å². The van der Waals surface area contributed by atoms with Crippen molar-refractivity contribution < 1.29 is 2.74 Å². The summed E-state index contributed by atoms with van der Waals surface area (Å²) < 4.78 is 15.5. The van der Waals surface area contributed by atoms with Crippen molar-refractivity contribution in [1.29, 1.82) is 0 Å². The Bertz CT molecular complexity index is 171. The van der Waals surface area contributed by atoms with E-state index in [1.807, 2.05) is 0 Å². The van der Waals surface area contributed by atoms with Crippen LogP contribution in [0.3, 0.4) is 0 Å². The quantitative estimate of drug-likeness (QED) is 0.313. The molecule has 0 aromatic rings. The van der Waals surface area contributed by atoms with Gasteiger partial charge < -0.3 is 0 Å². The number of hydrogen-bond donors (Lipinski definition) is 0. The second-order valence-corrected chi connectivity index (χ2v) is 12.5. The molecule has 0 saturated heterocycles. The van der Waals surface area contributed by atoms with Crippen LogP contribution in [0, 0.1) is 0 Å². The Kier molecular flexibility index (Phi) is 6.85. The van der Waals surface area contributed by atoms with E-state index in [1.165, 1.54) is 0 Å². The van der Waals surface area contributed by atoms with Gasteiger partial charge in [0.1, 0.15) is 0 Å². The summed E-state index contributed by atoms with van der Waals surface area (Å²) in [6.45, 7) is 2.12. The van der Waals surface area contributed by atoms with Gasteiger partial charge in [-0.2, -0.15) is 0 Å². The highest BCUT2D eigenvalue weighted by Crippen LogP contribution is 2.27. The molecule has 0 rings (SSSR count). The minimum Gasteiger partial charge on any atom is -0.126 e. The van der Waals surface area contributed by atoms with E-state index in [0.717, 1.165) is 19.3 Å². The summed E-state index contributed by atoms with van der Waals surface area (Å²) in [5, 5.41) is 0. The smallest absolute Gasteiger partial charge is 0.126 e. The molecule has 0 nitrogen and oxygen atoms in total. The molecule has 4 heteroatoms. The normalized spacial score (nSPS) is 15.4. The summed E-state index contributed by atoms with van der Waals surface area (Å²) in [5.41, 5.74) is 0. The van der Waals surface area contributed by atoms with Gasteiger partial charge in [0.05, 0.1) is 0 Å². The predicted octanol–water partition coefficient (Wildman–Crippen LogP) is 5.39. The Morgan fingerprint density at radius 1 is 1.00 bits per heavy atom. The van der Waals surface area contributed by atoms with Crippen LogP contribution in [0.4, 0.5) is 0 Å². The SMILES string of the molecule is [2H]C([2H])(CCCCC)CCC[Si](Cl)(Cl)Cl. The average molecular weight is 264 g/mol. The second kappa shape index (κ2) is 8.40. The van der Waals surface area contributed by atoms with E-state index in [-0.39, 0.29) is 0 Å². The van der Waals surface area contributed by atoms with Gasteiger partial charge in [0, 0.05) is 2.74 Å². The maximum Gasteiger partial charge on any atom is 0.341 e. The molecular weight excluding hydrogens is 243 g/mol.